The summed E-state index contributed by atoms with van der Waals surface area (Å²) in [4.78, 5) is 3.98. The van der Waals surface area contributed by atoms with E-state index in [0.29, 0.717) is 6.04 Å². The topological polar surface area (TPSA) is 58.9 Å². The zero-order chi connectivity index (χ0) is 13.2. The highest BCUT2D eigenvalue weighted by Gasteiger charge is 2.30. The highest BCUT2D eigenvalue weighted by atomic mass is 15.6. The van der Waals surface area contributed by atoms with Gasteiger partial charge in [-0.25, -0.2) is 0 Å². The fourth-order valence-corrected chi connectivity index (χ4v) is 2.44. The summed E-state index contributed by atoms with van der Waals surface area (Å²) in [5.41, 5.74) is 0.187. The summed E-state index contributed by atoms with van der Waals surface area (Å²) in [6, 6.07) is 0.551. The Bertz CT molecular complexity index is 390. The van der Waals surface area contributed by atoms with Gasteiger partial charge in [0.15, 0.2) is 5.82 Å². The normalized spacial score (nSPS) is 30.3. The van der Waals surface area contributed by atoms with Gasteiger partial charge in [0.05, 0.1) is 13.6 Å². The number of aromatic nitrogens is 4. The van der Waals surface area contributed by atoms with E-state index in [-0.39, 0.29) is 5.54 Å². The molecule has 0 amide bonds. The molecule has 0 aromatic carbocycles. The average Bonchev–Trinajstić information content (AvgIpc) is 2.67. The molecule has 0 bridgehead atoms. The lowest BCUT2D eigenvalue weighted by Crippen LogP contribution is -2.49. The van der Waals surface area contributed by atoms with Crippen molar-refractivity contribution in [1.29, 1.82) is 0 Å². The predicted molar refractivity (Wildman–Crippen MR) is 70.0 cm³/mol. The van der Waals surface area contributed by atoms with Crippen molar-refractivity contribution in [2.75, 3.05) is 13.1 Å². The fourth-order valence-electron chi connectivity index (χ4n) is 2.44. The maximum absolute atomic E-state index is 4.28. The molecule has 2 unspecified atom stereocenters. The van der Waals surface area contributed by atoms with Gasteiger partial charge in [0.25, 0.3) is 0 Å². The quantitative estimate of drug-likeness (QED) is 0.852. The lowest BCUT2D eigenvalue weighted by molar-refractivity contribution is 0.159. The largest absolute Gasteiger partial charge is 0.310 e. The van der Waals surface area contributed by atoms with Crippen molar-refractivity contribution in [2.24, 2.45) is 7.05 Å². The molecule has 102 valence electrons. The Kier molecular flexibility index (Phi) is 3.97. The van der Waals surface area contributed by atoms with Gasteiger partial charge in [-0.3, -0.25) is 4.90 Å². The Labute approximate surface area is 109 Å². The van der Waals surface area contributed by atoms with Gasteiger partial charge >= 0.3 is 0 Å². The average molecular weight is 252 g/mol. The molecule has 0 radical (unpaired) electrons. The number of nitrogens with zero attached hydrogens (tertiary/aromatic N) is 5. The van der Waals surface area contributed by atoms with Crippen LogP contribution in [0.15, 0.2) is 0 Å². The van der Waals surface area contributed by atoms with Gasteiger partial charge in [-0.15, -0.1) is 10.2 Å². The van der Waals surface area contributed by atoms with Crippen LogP contribution in [0.25, 0.3) is 0 Å². The first-order valence-corrected chi connectivity index (χ1v) is 6.74. The molecular weight excluding hydrogens is 228 g/mol. The van der Waals surface area contributed by atoms with E-state index < -0.39 is 0 Å². The lowest BCUT2D eigenvalue weighted by Gasteiger charge is -2.34. The predicted octanol–water partition coefficient (Wildman–Crippen LogP) is 0.563. The van der Waals surface area contributed by atoms with Crippen LogP contribution < -0.4 is 5.32 Å². The highest BCUT2D eigenvalue weighted by molar-refractivity contribution is 4.92. The molecule has 6 heteroatoms. The summed E-state index contributed by atoms with van der Waals surface area (Å²) >= 11 is 0. The summed E-state index contributed by atoms with van der Waals surface area (Å²) in [6.45, 7) is 9.70. The van der Waals surface area contributed by atoms with E-state index in [9.17, 15) is 0 Å². The van der Waals surface area contributed by atoms with Crippen molar-refractivity contribution in [3.8, 4) is 0 Å². The minimum atomic E-state index is 0.187. The van der Waals surface area contributed by atoms with Crippen LogP contribution in [0.2, 0.25) is 0 Å². The second-order valence-electron chi connectivity index (χ2n) is 5.58. The molecular formula is C12H24N6. The summed E-state index contributed by atoms with van der Waals surface area (Å²) in [6.07, 6.45) is 2.29. The zero-order valence-electron chi connectivity index (χ0n) is 11.8. The number of rotatable bonds is 3. The van der Waals surface area contributed by atoms with Crippen molar-refractivity contribution >= 4 is 0 Å². The lowest BCUT2D eigenvalue weighted by atomic mass is 9.98. The van der Waals surface area contributed by atoms with Crippen LogP contribution in [0, 0.1) is 0 Å². The van der Waals surface area contributed by atoms with E-state index >= 15 is 0 Å². The molecule has 1 aromatic rings. The first-order chi connectivity index (χ1) is 8.52. The Balaban J connectivity index is 2.08. The number of nitrogens with one attached hydrogen (secondary N) is 1. The van der Waals surface area contributed by atoms with Crippen LogP contribution >= 0.6 is 0 Å². The number of hydrogen-bond donors (Lipinski definition) is 1. The summed E-state index contributed by atoms with van der Waals surface area (Å²) in [5, 5.41) is 15.9. The van der Waals surface area contributed by atoms with E-state index in [1.807, 2.05) is 0 Å². The van der Waals surface area contributed by atoms with Gasteiger partial charge in [-0.1, -0.05) is 6.92 Å². The van der Waals surface area contributed by atoms with Gasteiger partial charge in [0.1, 0.15) is 0 Å². The smallest absolute Gasteiger partial charge is 0.188 e. The maximum atomic E-state index is 4.28. The Morgan fingerprint density at radius 1 is 1.50 bits per heavy atom. The Morgan fingerprint density at radius 3 is 2.89 bits per heavy atom. The van der Waals surface area contributed by atoms with Gasteiger partial charge in [-0.2, -0.15) is 4.80 Å². The van der Waals surface area contributed by atoms with Gasteiger partial charge < -0.3 is 5.32 Å². The number of aryl methyl sites for hydroxylation is 1. The monoisotopic (exact) mass is 252 g/mol. The molecule has 1 aliphatic rings. The van der Waals surface area contributed by atoms with Crippen molar-refractivity contribution in [1.82, 2.24) is 30.4 Å². The second-order valence-corrected chi connectivity index (χ2v) is 5.58. The number of hydrogen-bond acceptors (Lipinski definition) is 5. The Hall–Kier alpha value is -1.01. The molecule has 1 aliphatic heterocycles. The van der Waals surface area contributed by atoms with Gasteiger partial charge in [0, 0.05) is 18.1 Å². The molecule has 1 aromatic heterocycles. The van der Waals surface area contributed by atoms with Crippen molar-refractivity contribution in [3.05, 3.63) is 5.82 Å². The molecule has 2 heterocycles. The van der Waals surface area contributed by atoms with Crippen LogP contribution in [-0.4, -0.2) is 49.8 Å². The van der Waals surface area contributed by atoms with E-state index in [1.54, 1.807) is 7.05 Å². The molecule has 18 heavy (non-hydrogen) atoms. The molecule has 1 saturated heterocycles. The molecule has 0 aliphatic carbocycles. The fraction of sp³-hybridized carbons (Fsp3) is 0.917. The molecule has 0 spiro atoms. The van der Waals surface area contributed by atoms with Gasteiger partial charge in [0.2, 0.25) is 0 Å². The third kappa shape index (κ3) is 3.05. The van der Waals surface area contributed by atoms with E-state index in [4.69, 9.17) is 0 Å². The van der Waals surface area contributed by atoms with Crippen LogP contribution in [-0.2, 0) is 13.6 Å². The van der Waals surface area contributed by atoms with Crippen molar-refractivity contribution < 1.29 is 0 Å². The summed E-state index contributed by atoms with van der Waals surface area (Å²) in [7, 11) is 1.81. The van der Waals surface area contributed by atoms with Crippen molar-refractivity contribution in [3.63, 3.8) is 0 Å². The van der Waals surface area contributed by atoms with E-state index in [1.165, 1.54) is 4.80 Å². The molecule has 0 saturated carbocycles. The first kappa shape index (κ1) is 13.4. The first-order valence-electron chi connectivity index (χ1n) is 6.74. The molecule has 2 rings (SSSR count). The molecule has 1 N–H and O–H groups in total. The second kappa shape index (κ2) is 5.32. The minimum Gasteiger partial charge on any atom is -0.310 e. The van der Waals surface area contributed by atoms with Crippen molar-refractivity contribution in [2.45, 2.75) is 51.7 Å². The van der Waals surface area contributed by atoms with Crippen LogP contribution in [0.1, 0.15) is 39.4 Å². The van der Waals surface area contributed by atoms with E-state index in [0.717, 1.165) is 38.3 Å². The summed E-state index contributed by atoms with van der Waals surface area (Å²) < 4.78 is 0. The van der Waals surface area contributed by atoms with Gasteiger partial charge in [-0.05, 0) is 38.4 Å². The molecule has 1 fully saturated rings. The molecule has 6 nitrogen and oxygen atoms in total. The Morgan fingerprint density at radius 2 is 2.28 bits per heavy atom. The van der Waals surface area contributed by atoms with E-state index in [2.05, 4.69) is 46.4 Å². The SMILES string of the molecule is CCC1(C)CN(Cc2nnn(C)n2)C(C)CCN1. The van der Waals surface area contributed by atoms with Crippen LogP contribution in [0.3, 0.4) is 0 Å². The molecule has 2 atom stereocenters. The minimum absolute atomic E-state index is 0.187. The van der Waals surface area contributed by atoms with Crippen LogP contribution in [0.5, 0.6) is 0 Å². The third-order valence-electron chi connectivity index (χ3n) is 3.96. The number of tetrazole rings is 1. The third-order valence-corrected chi connectivity index (χ3v) is 3.96. The summed E-state index contributed by atoms with van der Waals surface area (Å²) in [5.74, 6) is 0.810. The zero-order valence-corrected chi connectivity index (χ0v) is 11.8. The highest BCUT2D eigenvalue weighted by Crippen LogP contribution is 2.19. The maximum Gasteiger partial charge on any atom is 0.188 e. The standard InChI is InChI=1S/C12H24N6/c1-5-12(3)9-18(10(2)6-7-13-12)8-11-14-16-17(4)15-11/h10,13H,5-9H2,1-4H3. The van der Waals surface area contributed by atoms with Crippen LogP contribution in [0.4, 0.5) is 0 Å².